The van der Waals surface area contributed by atoms with Crippen molar-refractivity contribution in [2.45, 2.75) is 13.1 Å². The number of amides is 1. The van der Waals surface area contributed by atoms with Crippen LogP contribution in [0.4, 0.5) is 5.69 Å². The van der Waals surface area contributed by atoms with Gasteiger partial charge in [-0.3, -0.25) is 14.5 Å². The molecule has 0 unspecified atom stereocenters. The van der Waals surface area contributed by atoms with E-state index in [1.807, 2.05) is 11.8 Å². The summed E-state index contributed by atoms with van der Waals surface area (Å²) < 4.78 is 12.1. The fourth-order valence-electron chi connectivity index (χ4n) is 3.05. The molecule has 28 heavy (non-hydrogen) atoms. The van der Waals surface area contributed by atoms with Gasteiger partial charge < -0.3 is 19.4 Å². The number of thioether (sulfide) groups is 1. The average Bonchev–Trinajstić information content (AvgIpc) is 2.71. The van der Waals surface area contributed by atoms with E-state index in [1.165, 1.54) is 7.11 Å². The topological polar surface area (TPSA) is 72.8 Å². The van der Waals surface area contributed by atoms with Crippen molar-refractivity contribution in [2.75, 3.05) is 44.1 Å². The first-order valence-electron chi connectivity index (χ1n) is 9.10. The highest BCUT2D eigenvalue weighted by atomic mass is 32.2. The highest BCUT2D eigenvalue weighted by Gasteiger charge is 2.16. The molecular weight excluding hydrogens is 378 g/mol. The lowest BCUT2D eigenvalue weighted by Gasteiger charge is -2.27. The number of hydrogen-bond donors (Lipinski definition) is 1. The van der Waals surface area contributed by atoms with Crippen LogP contribution in [-0.2, 0) is 17.9 Å². The number of pyridine rings is 1. The summed E-state index contributed by atoms with van der Waals surface area (Å²) in [6, 6.07) is 8.72. The molecule has 0 saturated carbocycles. The molecule has 1 fully saturated rings. The largest absolute Gasteiger partial charge is 0.497 e. The van der Waals surface area contributed by atoms with E-state index < -0.39 is 0 Å². The number of rotatable bonds is 7. The highest BCUT2D eigenvalue weighted by molar-refractivity contribution is 7.99. The van der Waals surface area contributed by atoms with E-state index in [2.05, 4.69) is 10.2 Å². The number of anilines is 1. The van der Waals surface area contributed by atoms with Gasteiger partial charge in [0.25, 0.3) is 0 Å². The fourth-order valence-corrected chi connectivity index (χ4v) is 4.03. The quantitative estimate of drug-likeness (QED) is 0.763. The Kier molecular flexibility index (Phi) is 7.00. The van der Waals surface area contributed by atoms with Crippen LogP contribution in [0.5, 0.6) is 11.5 Å². The van der Waals surface area contributed by atoms with Crippen molar-refractivity contribution in [2.24, 2.45) is 0 Å². The van der Waals surface area contributed by atoms with Crippen LogP contribution in [-0.4, -0.2) is 54.2 Å². The smallest absolute Gasteiger partial charge is 0.244 e. The first-order chi connectivity index (χ1) is 13.6. The Morgan fingerprint density at radius 3 is 2.50 bits per heavy atom. The van der Waals surface area contributed by atoms with Crippen molar-refractivity contribution in [3.8, 4) is 11.5 Å². The first kappa shape index (κ1) is 20.3. The third-order valence-corrected chi connectivity index (χ3v) is 5.52. The predicted octanol–water partition coefficient (Wildman–Crippen LogP) is 2.05. The number of carbonyl (C=O) groups excluding carboxylic acids is 1. The van der Waals surface area contributed by atoms with Gasteiger partial charge in [0.2, 0.25) is 11.3 Å². The van der Waals surface area contributed by atoms with Crippen LogP contribution >= 0.6 is 11.8 Å². The van der Waals surface area contributed by atoms with Gasteiger partial charge in [-0.15, -0.1) is 0 Å². The Hall–Kier alpha value is -2.45. The molecule has 1 N–H and O–H groups in total. The summed E-state index contributed by atoms with van der Waals surface area (Å²) in [6.45, 7) is 2.68. The monoisotopic (exact) mass is 403 g/mol. The maximum Gasteiger partial charge on any atom is 0.244 e. The zero-order chi connectivity index (χ0) is 19.9. The number of methoxy groups -OCH3 is 2. The summed E-state index contributed by atoms with van der Waals surface area (Å²) in [5.74, 6) is 2.95. The van der Waals surface area contributed by atoms with E-state index in [0.717, 1.165) is 36.0 Å². The molecule has 2 aromatic rings. The van der Waals surface area contributed by atoms with Crippen LogP contribution in [0.15, 0.2) is 41.3 Å². The maximum absolute atomic E-state index is 12.6. The number of aromatic nitrogens is 1. The maximum atomic E-state index is 12.6. The number of benzene rings is 1. The molecule has 0 bridgehead atoms. The number of nitrogens with one attached hydrogen (secondary N) is 1. The second-order valence-electron chi connectivity index (χ2n) is 6.49. The van der Waals surface area contributed by atoms with Crippen molar-refractivity contribution < 1.29 is 14.3 Å². The Balaban J connectivity index is 1.75. The van der Waals surface area contributed by atoms with Gasteiger partial charge in [-0.2, -0.15) is 11.8 Å². The van der Waals surface area contributed by atoms with E-state index in [0.29, 0.717) is 12.2 Å². The van der Waals surface area contributed by atoms with Crippen LogP contribution in [0.25, 0.3) is 0 Å². The molecule has 150 valence electrons. The molecule has 1 saturated heterocycles. The van der Waals surface area contributed by atoms with Gasteiger partial charge in [0.15, 0.2) is 5.75 Å². The third-order valence-electron chi connectivity index (χ3n) is 4.58. The average molecular weight is 404 g/mol. The van der Waals surface area contributed by atoms with Gasteiger partial charge in [0.1, 0.15) is 12.3 Å². The van der Waals surface area contributed by atoms with E-state index >= 15 is 0 Å². The van der Waals surface area contributed by atoms with Gasteiger partial charge in [0.05, 0.1) is 20.4 Å². The van der Waals surface area contributed by atoms with Gasteiger partial charge in [-0.1, -0.05) is 0 Å². The van der Waals surface area contributed by atoms with E-state index in [4.69, 9.17) is 9.47 Å². The first-order valence-corrected chi connectivity index (χ1v) is 10.3. The summed E-state index contributed by atoms with van der Waals surface area (Å²) in [5, 5.41) is 2.87. The molecule has 8 heteroatoms. The van der Waals surface area contributed by atoms with Gasteiger partial charge in [-0.05, 0) is 24.3 Å². The number of ether oxygens (including phenoxy) is 2. The molecule has 1 aliphatic rings. The van der Waals surface area contributed by atoms with Crippen LogP contribution in [0, 0.1) is 0 Å². The van der Waals surface area contributed by atoms with Gasteiger partial charge in [0, 0.05) is 48.6 Å². The second-order valence-corrected chi connectivity index (χ2v) is 7.72. The molecule has 0 atom stereocenters. The molecule has 3 rings (SSSR count). The molecular formula is C20H25N3O4S. The predicted molar refractivity (Wildman–Crippen MR) is 111 cm³/mol. The Bertz CT molecular complexity index is 861. The number of hydrogen-bond acceptors (Lipinski definition) is 6. The zero-order valence-corrected chi connectivity index (χ0v) is 17.0. The van der Waals surface area contributed by atoms with Crippen molar-refractivity contribution in [1.82, 2.24) is 9.47 Å². The van der Waals surface area contributed by atoms with Crippen LogP contribution in [0.1, 0.15) is 5.69 Å². The van der Waals surface area contributed by atoms with Crippen molar-refractivity contribution >= 4 is 23.4 Å². The van der Waals surface area contributed by atoms with Crippen LogP contribution < -0.4 is 20.2 Å². The molecule has 1 aromatic carbocycles. The molecule has 0 radical (unpaired) electrons. The van der Waals surface area contributed by atoms with E-state index in [9.17, 15) is 9.59 Å². The summed E-state index contributed by atoms with van der Waals surface area (Å²) in [6.07, 6.45) is 1.62. The SMILES string of the molecule is COc1ccc(NC(=O)Cn2cc(OC)c(=O)cc2CN2CCSCC2)cc1. The van der Waals surface area contributed by atoms with E-state index in [-0.39, 0.29) is 23.6 Å². The lowest BCUT2D eigenvalue weighted by molar-refractivity contribution is -0.116. The van der Waals surface area contributed by atoms with Crippen molar-refractivity contribution in [1.29, 1.82) is 0 Å². The normalized spacial score (nSPS) is 14.5. The Labute approximate surface area is 168 Å². The van der Waals surface area contributed by atoms with E-state index in [1.54, 1.807) is 48.2 Å². The molecule has 0 spiro atoms. The third kappa shape index (κ3) is 5.30. The Morgan fingerprint density at radius 2 is 1.86 bits per heavy atom. The molecule has 1 aliphatic heterocycles. The van der Waals surface area contributed by atoms with Crippen LogP contribution in [0.3, 0.4) is 0 Å². The second kappa shape index (κ2) is 9.66. The van der Waals surface area contributed by atoms with Crippen molar-refractivity contribution in [3.05, 3.63) is 52.4 Å². The highest BCUT2D eigenvalue weighted by Crippen LogP contribution is 2.16. The number of nitrogens with zero attached hydrogens (tertiary/aromatic N) is 2. The fraction of sp³-hybridized carbons (Fsp3) is 0.400. The minimum atomic E-state index is -0.175. The van der Waals surface area contributed by atoms with Crippen molar-refractivity contribution in [3.63, 3.8) is 0 Å². The summed E-state index contributed by atoms with van der Waals surface area (Å²) >= 11 is 1.93. The molecule has 1 aromatic heterocycles. The van der Waals surface area contributed by atoms with Gasteiger partial charge >= 0.3 is 0 Å². The van der Waals surface area contributed by atoms with Crippen LogP contribution in [0.2, 0.25) is 0 Å². The van der Waals surface area contributed by atoms with Gasteiger partial charge in [-0.25, -0.2) is 0 Å². The summed E-state index contributed by atoms with van der Waals surface area (Å²) in [7, 11) is 3.06. The summed E-state index contributed by atoms with van der Waals surface area (Å²) in [5.41, 5.74) is 1.33. The molecule has 7 nitrogen and oxygen atoms in total. The zero-order valence-electron chi connectivity index (χ0n) is 16.1. The standard InChI is InChI=1S/C20H25N3O4S/c1-26-17-5-3-15(4-6-17)21-20(25)14-23-13-19(27-2)18(24)11-16(23)12-22-7-9-28-10-8-22/h3-6,11,13H,7-10,12,14H2,1-2H3,(H,21,25). The number of carbonyl (C=O) groups is 1. The molecule has 0 aliphatic carbocycles. The summed E-state index contributed by atoms with van der Waals surface area (Å²) in [4.78, 5) is 27.1. The lowest BCUT2D eigenvalue weighted by Crippen LogP contribution is -2.34. The minimum absolute atomic E-state index is 0.0978. The lowest BCUT2D eigenvalue weighted by atomic mass is 10.2. The molecule has 2 heterocycles. The Morgan fingerprint density at radius 1 is 1.14 bits per heavy atom. The molecule has 1 amide bonds. The minimum Gasteiger partial charge on any atom is -0.497 e.